The van der Waals surface area contributed by atoms with E-state index in [4.69, 9.17) is 21.4 Å². The van der Waals surface area contributed by atoms with Gasteiger partial charge in [0.05, 0.1) is 11.8 Å². The number of halogens is 3. The van der Waals surface area contributed by atoms with Crippen LogP contribution < -0.4 is 4.74 Å². The molecule has 2 heterocycles. The Morgan fingerprint density at radius 1 is 0.929 bits per heavy atom. The molecule has 3 nitrogen and oxygen atoms in total. The van der Waals surface area contributed by atoms with Gasteiger partial charge in [0.2, 0.25) is 6.23 Å². The van der Waals surface area contributed by atoms with Gasteiger partial charge >= 0.3 is 0 Å². The molecule has 2 aliphatic rings. The number of rotatable bonds is 2. The van der Waals surface area contributed by atoms with Crippen LogP contribution in [0.1, 0.15) is 35.4 Å². The van der Waals surface area contributed by atoms with E-state index in [1.165, 1.54) is 24.3 Å². The minimum Gasteiger partial charge on any atom is -0.464 e. The second kappa shape index (κ2) is 6.60. The van der Waals surface area contributed by atoms with Gasteiger partial charge in [-0.1, -0.05) is 35.9 Å². The van der Waals surface area contributed by atoms with Crippen molar-refractivity contribution in [3.05, 3.63) is 100 Å². The molecule has 6 heteroatoms. The van der Waals surface area contributed by atoms with Gasteiger partial charge in [-0.05, 0) is 48.0 Å². The second-order valence-electron chi connectivity index (χ2n) is 6.86. The molecule has 2 atom stereocenters. The number of hydrogen-bond acceptors (Lipinski definition) is 3. The van der Waals surface area contributed by atoms with E-state index in [1.807, 2.05) is 17.1 Å². The van der Waals surface area contributed by atoms with Crippen molar-refractivity contribution in [1.82, 2.24) is 5.01 Å². The van der Waals surface area contributed by atoms with Crippen molar-refractivity contribution >= 4 is 17.3 Å². The van der Waals surface area contributed by atoms with E-state index in [-0.39, 0.29) is 17.7 Å². The van der Waals surface area contributed by atoms with Gasteiger partial charge in [-0.3, -0.25) is 0 Å². The summed E-state index contributed by atoms with van der Waals surface area (Å²) in [5.41, 5.74) is 3.45. The number of nitrogens with zero attached hydrogens (tertiary/aromatic N) is 2. The topological polar surface area (TPSA) is 24.8 Å². The lowest BCUT2D eigenvalue weighted by atomic mass is 9.96. The van der Waals surface area contributed by atoms with Crippen LogP contribution in [0.15, 0.2) is 71.8 Å². The molecule has 28 heavy (non-hydrogen) atoms. The Morgan fingerprint density at radius 3 is 2.32 bits per heavy atom. The molecule has 0 saturated carbocycles. The van der Waals surface area contributed by atoms with Crippen LogP contribution in [0.25, 0.3) is 0 Å². The molecule has 0 aliphatic carbocycles. The first-order valence-electron chi connectivity index (χ1n) is 8.92. The molecule has 0 radical (unpaired) electrons. The summed E-state index contributed by atoms with van der Waals surface area (Å²) in [6.07, 6.45) is 0.150. The maximum atomic E-state index is 13.4. The van der Waals surface area contributed by atoms with E-state index < -0.39 is 6.23 Å². The standard InChI is InChI=1S/C22H15ClF2N2O/c23-15-5-10-21-18(11-15)20-12-19(13-1-6-16(24)7-2-13)26-27(20)22(28-21)14-3-8-17(25)9-4-14/h1-11,20,22H,12H2. The molecule has 2 aliphatic heterocycles. The van der Waals surface area contributed by atoms with Gasteiger partial charge in [0, 0.05) is 22.6 Å². The van der Waals surface area contributed by atoms with Crippen molar-refractivity contribution in [2.75, 3.05) is 0 Å². The third-order valence-corrected chi connectivity index (χ3v) is 5.32. The fourth-order valence-electron chi connectivity index (χ4n) is 3.72. The molecule has 0 amide bonds. The van der Waals surface area contributed by atoms with Gasteiger partial charge in [0.1, 0.15) is 17.4 Å². The number of hydrogen-bond donors (Lipinski definition) is 0. The van der Waals surface area contributed by atoms with Gasteiger partial charge in [0.25, 0.3) is 0 Å². The monoisotopic (exact) mass is 396 g/mol. The van der Waals surface area contributed by atoms with Gasteiger partial charge in [-0.25, -0.2) is 13.8 Å². The fourth-order valence-corrected chi connectivity index (χ4v) is 3.90. The van der Waals surface area contributed by atoms with Crippen LogP contribution in [0, 0.1) is 11.6 Å². The molecule has 0 fully saturated rings. The summed E-state index contributed by atoms with van der Waals surface area (Å²) < 4.78 is 32.9. The molecule has 3 aromatic carbocycles. The predicted octanol–water partition coefficient (Wildman–Crippen LogP) is 5.86. The summed E-state index contributed by atoms with van der Waals surface area (Å²) in [6, 6.07) is 18.0. The number of ether oxygens (including phenoxy) is 1. The smallest absolute Gasteiger partial charge is 0.213 e. The van der Waals surface area contributed by atoms with Crippen molar-refractivity contribution < 1.29 is 13.5 Å². The van der Waals surface area contributed by atoms with E-state index in [0.717, 1.165) is 28.2 Å². The van der Waals surface area contributed by atoms with Crippen molar-refractivity contribution in [3.8, 4) is 5.75 Å². The molecule has 0 bridgehead atoms. The molecule has 140 valence electrons. The lowest BCUT2D eigenvalue weighted by Crippen LogP contribution is -2.33. The molecule has 0 aromatic heterocycles. The first-order chi connectivity index (χ1) is 13.6. The zero-order valence-electron chi connectivity index (χ0n) is 14.6. The number of benzene rings is 3. The summed E-state index contributed by atoms with van der Waals surface area (Å²) in [6.45, 7) is 0. The molecule has 3 aromatic rings. The van der Waals surface area contributed by atoms with Crippen LogP contribution >= 0.6 is 11.6 Å². The van der Waals surface area contributed by atoms with Crippen molar-refractivity contribution in [2.24, 2.45) is 5.10 Å². The van der Waals surface area contributed by atoms with E-state index in [9.17, 15) is 8.78 Å². The molecular weight excluding hydrogens is 382 g/mol. The average molecular weight is 397 g/mol. The minimum absolute atomic E-state index is 0.0717. The maximum absolute atomic E-state index is 13.4. The van der Waals surface area contributed by atoms with E-state index in [2.05, 4.69) is 0 Å². The summed E-state index contributed by atoms with van der Waals surface area (Å²) >= 11 is 6.21. The average Bonchev–Trinajstić information content (AvgIpc) is 3.14. The molecule has 5 rings (SSSR count). The van der Waals surface area contributed by atoms with Gasteiger partial charge in [-0.2, -0.15) is 5.10 Å². The molecule has 2 unspecified atom stereocenters. The summed E-state index contributed by atoms with van der Waals surface area (Å²) in [4.78, 5) is 0. The Kier molecular flexibility index (Phi) is 4.05. The van der Waals surface area contributed by atoms with Crippen LogP contribution in [0.3, 0.4) is 0 Å². The second-order valence-corrected chi connectivity index (χ2v) is 7.29. The normalized spacial score (nSPS) is 20.2. The van der Waals surface area contributed by atoms with Crippen LogP contribution in [-0.4, -0.2) is 10.7 Å². The van der Waals surface area contributed by atoms with E-state index in [1.54, 1.807) is 30.3 Å². The van der Waals surface area contributed by atoms with Crippen molar-refractivity contribution in [3.63, 3.8) is 0 Å². The first kappa shape index (κ1) is 17.2. The van der Waals surface area contributed by atoms with Crippen LogP contribution in [-0.2, 0) is 0 Å². The minimum atomic E-state index is -0.489. The molecular formula is C22H15ClF2N2O. The quantitative estimate of drug-likeness (QED) is 0.542. The predicted molar refractivity (Wildman–Crippen MR) is 103 cm³/mol. The Bertz CT molecular complexity index is 1070. The molecule has 0 saturated heterocycles. The Morgan fingerprint density at radius 2 is 1.61 bits per heavy atom. The molecule has 0 spiro atoms. The highest BCUT2D eigenvalue weighted by atomic mass is 35.5. The van der Waals surface area contributed by atoms with Crippen LogP contribution in [0.4, 0.5) is 8.78 Å². The van der Waals surface area contributed by atoms with Crippen molar-refractivity contribution in [1.29, 1.82) is 0 Å². The zero-order valence-corrected chi connectivity index (χ0v) is 15.4. The summed E-state index contributed by atoms with van der Waals surface area (Å²) in [5, 5.41) is 7.29. The zero-order chi connectivity index (χ0) is 19.3. The highest BCUT2D eigenvalue weighted by molar-refractivity contribution is 6.30. The van der Waals surface area contributed by atoms with Crippen molar-refractivity contribution in [2.45, 2.75) is 18.7 Å². The fraction of sp³-hybridized carbons (Fsp3) is 0.136. The Hall–Kier alpha value is -2.92. The van der Waals surface area contributed by atoms with Gasteiger partial charge < -0.3 is 4.74 Å². The lowest BCUT2D eigenvalue weighted by molar-refractivity contribution is -0.0190. The first-order valence-corrected chi connectivity index (χ1v) is 9.29. The number of fused-ring (bicyclic) bond motifs is 3. The Balaban J connectivity index is 1.59. The summed E-state index contributed by atoms with van der Waals surface area (Å²) in [7, 11) is 0. The highest BCUT2D eigenvalue weighted by Gasteiger charge is 2.41. The van der Waals surface area contributed by atoms with Crippen LogP contribution in [0.5, 0.6) is 5.75 Å². The number of hydrazone groups is 1. The SMILES string of the molecule is Fc1ccc(C2=NN3C(C2)c2cc(Cl)ccc2OC3c2ccc(F)cc2)cc1. The lowest BCUT2D eigenvalue weighted by Gasteiger charge is -2.38. The highest BCUT2D eigenvalue weighted by Crippen LogP contribution is 2.48. The largest absolute Gasteiger partial charge is 0.464 e. The summed E-state index contributed by atoms with van der Waals surface area (Å²) in [5.74, 6) is 0.139. The van der Waals surface area contributed by atoms with Crippen LogP contribution in [0.2, 0.25) is 5.02 Å². The molecule has 0 N–H and O–H groups in total. The Labute approximate surface area is 165 Å². The third-order valence-electron chi connectivity index (χ3n) is 5.08. The maximum Gasteiger partial charge on any atom is 0.213 e. The third kappa shape index (κ3) is 2.92. The van der Waals surface area contributed by atoms with Gasteiger partial charge in [-0.15, -0.1) is 0 Å². The van der Waals surface area contributed by atoms with Gasteiger partial charge in [0.15, 0.2) is 0 Å². The van der Waals surface area contributed by atoms with E-state index >= 15 is 0 Å². The van der Waals surface area contributed by atoms with E-state index in [0.29, 0.717) is 11.4 Å².